The largest absolute Gasteiger partial charge is 0.445 e. The lowest BCUT2D eigenvalue weighted by Gasteiger charge is -2.26. The Bertz CT molecular complexity index is 663. The molecule has 126 valence electrons. The first-order valence-electron chi connectivity index (χ1n) is 8.10. The third-order valence-corrected chi connectivity index (χ3v) is 4.40. The fraction of sp³-hybridized carbons (Fsp3) is 0.316. The van der Waals surface area contributed by atoms with Crippen molar-refractivity contribution in [1.29, 1.82) is 0 Å². The number of benzene rings is 2. The van der Waals surface area contributed by atoms with Gasteiger partial charge in [-0.15, -0.1) is 0 Å². The summed E-state index contributed by atoms with van der Waals surface area (Å²) in [5, 5.41) is 10.1. The third kappa shape index (κ3) is 3.75. The number of nitrogens with zero attached hydrogens (tertiary/aromatic N) is 1. The molecule has 1 fully saturated rings. The van der Waals surface area contributed by atoms with Crippen LogP contribution in [0.25, 0.3) is 0 Å². The van der Waals surface area contributed by atoms with Gasteiger partial charge in [-0.25, -0.2) is 4.79 Å². The highest BCUT2D eigenvalue weighted by atomic mass is 16.6. The molecular formula is C19H22N2O3. The van der Waals surface area contributed by atoms with Crippen molar-refractivity contribution in [2.45, 2.75) is 31.2 Å². The standard InChI is InChI=1S/C19H22N2O3/c20-18-16(11-14-7-3-1-4-8-14)21(12-17(18)22)19(23)24-13-15-9-5-2-6-10-15/h1-10,16-18,22H,11-13,20H2. The van der Waals surface area contributed by atoms with Gasteiger partial charge in [-0.3, -0.25) is 0 Å². The fourth-order valence-corrected chi connectivity index (χ4v) is 3.04. The van der Waals surface area contributed by atoms with E-state index in [4.69, 9.17) is 10.5 Å². The fourth-order valence-electron chi connectivity index (χ4n) is 3.04. The van der Waals surface area contributed by atoms with Crippen LogP contribution in [0.4, 0.5) is 4.79 Å². The Morgan fingerprint density at radius 1 is 1.08 bits per heavy atom. The number of ether oxygens (including phenoxy) is 1. The molecule has 0 aromatic heterocycles. The number of β-amino-alcohol motifs (C(OH)–C–C–N with tert-alkyl or cyclic N) is 1. The molecule has 5 heteroatoms. The Kier molecular flexibility index (Phi) is 5.13. The molecule has 5 nitrogen and oxygen atoms in total. The van der Waals surface area contributed by atoms with E-state index in [1.165, 1.54) is 0 Å². The number of nitrogens with two attached hydrogens (primary N) is 1. The zero-order valence-electron chi connectivity index (χ0n) is 13.4. The van der Waals surface area contributed by atoms with Crippen LogP contribution in [0.1, 0.15) is 11.1 Å². The number of aliphatic hydroxyl groups excluding tert-OH is 1. The van der Waals surface area contributed by atoms with Crippen molar-refractivity contribution in [3.63, 3.8) is 0 Å². The molecule has 2 aromatic carbocycles. The molecule has 1 aliphatic heterocycles. The Morgan fingerprint density at radius 2 is 1.67 bits per heavy atom. The van der Waals surface area contributed by atoms with E-state index in [2.05, 4.69) is 0 Å². The summed E-state index contributed by atoms with van der Waals surface area (Å²) in [7, 11) is 0. The van der Waals surface area contributed by atoms with Gasteiger partial charge in [-0.05, 0) is 17.5 Å². The number of likely N-dealkylation sites (tertiary alicyclic amines) is 1. The second-order valence-corrected chi connectivity index (χ2v) is 6.09. The molecular weight excluding hydrogens is 304 g/mol. The molecule has 2 aromatic rings. The van der Waals surface area contributed by atoms with E-state index in [9.17, 15) is 9.90 Å². The molecule has 0 aliphatic carbocycles. The van der Waals surface area contributed by atoms with Crippen molar-refractivity contribution in [1.82, 2.24) is 4.90 Å². The number of aliphatic hydroxyl groups is 1. The third-order valence-electron chi connectivity index (χ3n) is 4.40. The summed E-state index contributed by atoms with van der Waals surface area (Å²) in [6.45, 7) is 0.409. The minimum atomic E-state index is -0.733. The summed E-state index contributed by atoms with van der Waals surface area (Å²) in [6, 6.07) is 18.6. The van der Waals surface area contributed by atoms with Crippen molar-refractivity contribution in [2.24, 2.45) is 5.73 Å². The predicted molar refractivity (Wildman–Crippen MR) is 91.2 cm³/mol. The molecule has 1 saturated heterocycles. The molecule has 3 rings (SSSR count). The second-order valence-electron chi connectivity index (χ2n) is 6.09. The average Bonchev–Trinajstić information content (AvgIpc) is 2.90. The lowest BCUT2D eigenvalue weighted by Crippen LogP contribution is -2.45. The molecule has 1 amide bonds. The van der Waals surface area contributed by atoms with Gasteiger partial charge in [0, 0.05) is 0 Å². The van der Waals surface area contributed by atoms with Crippen molar-refractivity contribution in [3.05, 3.63) is 71.8 Å². The molecule has 0 radical (unpaired) electrons. The highest BCUT2D eigenvalue weighted by molar-refractivity contribution is 5.69. The van der Waals surface area contributed by atoms with E-state index < -0.39 is 18.2 Å². The summed E-state index contributed by atoms with van der Waals surface area (Å²) in [5.74, 6) is 0. The van der Waals surface area contributed by atoms with Gasteiger partial charge in [0.25, 0.3) is 0 Å². The molecule has 24 heavy (non-hydrogen) atoms. The number of carbonyl (C=O) groups is 1. The minimum Gasteiger partial charge on any atom is -0.445 e. The molecule has 1 heterocycles. The Hall–Kier alpha value is -2.37. The SMILES string of the molecule is NC1C(O)CN(C(=O)OCc2ccccc2)C1Cc1ccccc1. The van der Waals surface area contributed by atoms with E-state index in [1.807, 2.05) is 60.7 Å². The van der Waals surface area contributed by atoms with E-state index in [0.29, 0.717) is 6.42 Å². The van der Waals surface area contributed by atoms with E-state index in [-0.39, 0.29) is 19.2 Å². The van der Waals surface area contributed by atoms with Gasteiger partial charge < -0.3 is 20.5 Å². The molecule has 3 N–H and O–H groups in total. The topological polar surface area (TPSA) is 75.8 Å². The molecule has 0 spiro atoms. The smallest absolute Gasteiger partial charge is 0.410 e. The summed E-state index contributed by atoms with van der Waals surface area (Å²) in [5.41, 5.74) is 8.11. The van der Waals surface area contributed by atoms with Gasteiger partial charge in [-0.2, -0.15) is 0 Å². The second kappa shape index (κ2) is 7.47. The lowest BCUT2D eigenvalue weighted by atomic mass is 10.00. The first-order chi connectivity index (χ1) is 11.6. The monoisotopic (exact) mass is 326 g/mol. The maximum Gasteiger partial charge on any atom is 0.410 e. The summed E-state index contributed by atoms with van der Waals surface area (Å²) >= 11 is 0. The maximum absolute atomic E-state index is 12.4. The van der Waals surface area contributed by atoms with Gasteiger partial charge >= 0.3 is 6.09 Å². The van der Waals surface area contributed by atoms with Crippen molar-refractivity contribution in [2.75, 3.05) is 6.54 Å². The average molecular weight is 326 g/mol. The highest BCUT2D eigenvalue weighted by Crippen LogP contribution is 2.22. The van der Waals surface area contributed by atoms with Crippen LogP contribution in [0.3, 0.4) is 0 Å². The zero-order valence-corrected chi connectivity index (χ0v) is 13.4. The number of rotatable bonds is 4. The summed E-state index contributed by atoms with van der Waals surface area (Å²) < 4.78 is 5.40. The first-order valence-corrected chi connectivity index (χ1v) is 8.10. The molecule has 3 atom stereocenters. The normalized spacial score (nSPS) is 23.2. The Labute approximate surface area is 141 Å². The van der Waals surface area contributed by atoms with Gasteiger partial charge in [0.2, 0.25) is 0 Å². The van der Waals surface area contributed by atoms with Crippen LogP contribution in [0.5, 0.6) is 0 Å². The van der Waals surface area contributed by atoms with Gasteiger partial charge in [-0.1, -0.05) is 60.7 Å². The molecule has 3 unspecified atom stereocenters. The molecule has 1 aliphatic rings. The highest BCUT2D eigenvalue weighted by Gasteiger charge is 2.41. The van der Waals surface area contributed by atoms with Crippen LogP contribution < -0.4 is 5.73 Å². The van der Waals surface area contributed by atoms with Crippen LogP contribution in [0.2, 0.25) is 0 Å². The summed E-state index contributed by atoms with van der Waals surface area (Å²) in [4.78, 5) is 14.0. The Morgan fingerprint density at radius 3 is 2.29 bits per heavy atom. The van der Waals surface area contributed by atoms with E-state index >= 15 is 0 Å². The number of hydrogen-bond acceptors (Lipinski definition) is 4. The van der Waals surface area contributed by atoms with Crippen molar-refractivity contribution in [3.8, 4) is 0 Å². The predicted octanol–water partition coefficient (Wildman–Crippen LogP) is 1.94. The van der Waals surface area contributed by atoms with Crippen LogP contribution in [-0.4, -0.2) is 40.8 Å². The maximum atomic E-state index is 12.4. The zero-order chi connectivity index (χ0) is 16.9. The van der Waals surface area contributed by atoms with Crippen LogP contribution >= 0.6 is 0 Å². The molecule has 0 saturated carbocycles. The molecule has 0 bridgehead atoms. The van der Waals surface area contributed by atoms with Crippen LogP contribution in [0, 0.1) is 0 Å². The van der Waals surface area contributed by atoms with Gasteiger partial charge in [0.15, 0.2) is 0 Å². The number of amides is 1. The quantitative estimate of drug-likeness (QED) is 0.900. The summed E-state index contributed by atoms with van der Waals surface area (Å²) in [6.07, 6.45) is -0.575. The Balaban J connectivity index is 1.66. The van der Waals surface area contributed by atoms with Crippen LogP contribution in [-0.2, 0) is 17.8 Å². The van der Waals surface area contributed by atoms with Crippen molar-refractivity contribution < 1.29 is 14.6 Å². The first kappa shape index (κ1) is 16.5. The number of hydrogen-bond donors (Lipinski definition) is 2. The van der Waals surface area contributed by atoms with E-state index in [1.54, 1.807) is 4.90 Å². The minimum absolute atomic E-state index is 0.201. The van der Waals surface area contributed by atoms with Gasteiger partial charge in [0.1, 0.15) is 6.61 Å². The van der Waals surface area contributed by atoms with E-state index in [0.717, 1.165) is 11.1 Å². The number of carbonyl (C=O) groups excluding carboxylic acids is 1. The lowest BCUT2D eigenvalue weighted by molar-refractivity contribution is 0.0875. The van der Waals surface area contributed by atoms with Gasteiger partial charge in [0.05, 0.1) is 24.7 Å². The van der Waals surface area contributed by atoms with Crippen LogP contribution in [0.15, 0.2) is 60.7 Å². The van der Waals surface area contributed by atoms with Crippen molar-refractivity contribution >= 4 is 6.09 Å².